The zero-order valence-corrected chi connectivity index (χ0v) is 20.1. The molecule has 0 saturated heterocycles. The van der Waals surface area contributed by atoms with Gasteiger partial charge in [-0.05, 0) is 104 Å². The summed E-state index contributed by atoms with van der Waals surface area (Å²) >= 11 is 5.62. The smallest absolute Gasteiger partial charge is 0.179 e. The molecule has 0 unspecified atom stereocenters. The molecule has 166 valence electrons. The number of rotatable bonds is 3. The van der Waals surface area contributed by atoms with Gasteiger partial charge in [0.25, 0.3) is 0 Å². The molecule has 0 aliphatic heterocycles. The number of allylic oxidation sites excluding steroid dienone is 1. The SMILES string of the molecule is C[C@@H](Cn1ccn(C)c1=S)[C@H]1CC[C@H]2[C@@H]3CC=C4C[C@@H](O)CC[C@]4(C)[C@H]3CC[C@]12C. The van der Waals surface area contributed by atoms with E-state index in [2.05, 4.69) is 48.4 Å². The number of fused-ring (bicyclic) bond motifs is 5. The third-order valence-corrected chi connectivity index (χ3v) is 10.9. The molecule has 1 aromatic heterocycles. The van der Waals surface area contributed by atoms with Gasteiger partial charge in [0.2, 0.25) is 0 Å². The molecule has 0 radical (unpaired) electrons. The first-order chi connectivity index (χ1) is 14.2. The fraction of sp³-hybridized carbons (Fsp3) is 0.808. The predicted octanol–water partition coefficient (Wildman–Crippen LogP) is 6.13. The van der Waals surface area contributed by atoms with Crippen LogP contribution in [0.15, 0.2) is 24.0 Å². The van der Waals surface area contributed by atoms with E-state index < -0.39 is 0 Å². The Morgan fingerprint density at radius 3 is 2.67 bits per heavy atom. The second kappa shape index (κ2) is 7.33. The summed E-state index contributed by atoms with van der Waals surface area (Å²) in [5.74, 6) is 4.02. The van der Waals surface area contributed by atoms with Crippen molar-refractivity contribution in [3.63, 3.8) is 0 Å². The number of hydrogen-bond donors (Lipinski definition) is 1. The number of imidazole rings is 1. The zero-order valence-electron chi connectivity index (χ0n) is 19.3. The van der Waals surface area contributed by atoms with Gasteiger partial charge in [-0.25, -0.2) is 0 Å². The van der Waals surface area contributed by atoms with Gasteiger partial charge in [0.05, 0.1) is 6.10 Å². The van der Waals surface area contributed by atoms with Gasteiger partial charge in [-0.15, -0.1) is 0 Å². The van der Waals surface area contributed by atoms with E-state index in [1.165, 1.54) is 38.5 Å². The van der Waals surface area contributed by atoms with Gasteiger partial charge in [0.1, 0.15) is 0 Å². The number of aliphatic hydroxyl groups is 1. The molecule has 4 aliphatic carbocycles. The Hall–Kier alpha value is -0.870. The van der Waals surface area contributed by atoms with Crippen LogP contribution < -0.4 is 0 Å². The Morgan fingerprint density at radius 2 is 1.93 bits per heavy atom. The van der Waals surface area contributed by atoms with E-state index in [-0.39, 0.29) is 6.10 Å². The average Bonchev–Trinajstić information content (AvgIpc) is 3.22. The lowest BCUT2D eigenvalue weighted by atomic mass is 9.47. The van der Waals surface area contributed by atoms with Gasteiger partial charge in [0.15, 0.2) is 4.77 Å². The maximum atomic E-state index is 10.2. The Balaban J connectivity index is 1.37. The Morgan fingerprint density at radius 1 is 1.13 bits per heavy atom. The van der Waals surface area contributed by atoms with Gasteiger partial charge in [-0.2, -0.15) is 0 Å². The molecule has 3 fully saturated rings. The minimum absolute atomic E-state index is 0.101. The summed E-state index contributed by atoms with van der Waals surface area (Å²) in [6.45, 7) is 8.71. The van der Waals surface area contributed by atoms with Crippen molar-refractivity contribution in [3.05, 3.63) is 28.8 Å². The summed E-state index contributed by atoms with van der Waals surface area (Å²) in [4.78, 5) is 0. The largest absolute Gasteiger partial charge is 0.393 e. The van der Waals surface area contributed by atoms with Crippen molar-refractivity contribution in [2.24, 2.45) is 47.5 Å². The highest BCUT2D eigenvalue weighted by Crippen LogP contribution is 2.67. The summed E-state index contributed by atoms with van der Waals surface area (Å²) < 4.78 is 5.29. The molecule has 4 heteroatoms. The van der Waals surface area contributed by atoms with Crippen LogP contribution >= 0.6 is 12.2 Å². The maximum absolute atomic E-state index is 10.2. The lowest BCUT2D eigenvalue weighted by Crippen LogP contribution is -2.51. The molecule has 4 aliphatic rings. The van der Waals surface area contributed by atoms with Gasteiger partial charge in [-0.1, -0.05) is 32.4 Å². The minimum atomic E-state index is -0.101. The van der Waals surface area contributed by atoms with Crippen LogP contribution in [0.25, 0.3) is 0 Å². The van der Waals surface area contributed by atoms with Gasteiger partial charge in [-0.3, -0.25) is 0 Å². The van der Waals surface area contributed by atoms with Gasteiger partial charge >= 0.3 is 0 Å². The highest BCUT2D eigenvalue weighted by molar-refractivity contribution is 7.71. The second-order valence-corrected chi connectivity index (χ2v) is 12.1. The number of nitrogens with zero attached hydrogens (tertiary/aromatic N) is 2. The standard InChI is InChI=1S/C26H40N2OS/c1-17(16-28-14-13-27(4)24(28)30)21-7-8-22-20-6-5-18-15-19(29)9-11-25(18,2)23(20)10-12-26(21,22)3/h5,13-14,17,19-23,29H,6-12,15-16H2,1-4H3/t17-,19-,20-,21+,22-,23-,25-,26+/m0/s1. The van der Waals surface area contributed by atoms with E-state index in [0.29, 0.717) is 16.7 Å². The van der Waals surface area contributed by atoms with E-state index >= 15 is 0 Å². The van der Waals surface area contributed by atoms with Gasteiger partial charge in [0, 0.05) is 26.0 Å². The topological polar surface area (TPSA) is 30.1 Å². The number of hydrogen-bond acceptors (Lipinski definition) is 2. The lowest BCUT2D eigenvalue weighted by Gasteiger charge is -2.58. The van der Waals surface area contributed by atoms with E-state index in [4.69, 9.17) is 12.2 Å². The zero-order chi connectivity index (χ0) is 21.3. The summed E-state index contributed by atoms with van der Waals surface area (Å²) in [6, 6.07) is 0. The first-order valence-electron chi connectivity index (χ1n) is 12.3. The van der Waals surface area contributed by atoms with Crippen molar-refractivity contribution in [2.45, 2.75) is 84.8 Å². The maximum Gasteiger partial charge on any atom is 0.179 e. The van der Waals surface area contributed by atoms with Crippen molar-refractivity contribution in [1.82, 2.24) is 9.13 Å². The molecule has 0 bridgehead atoms. The van der Waals surface area contributed by atoms with Crippen LogP contribution in [0.1, 0.15) is 72.1 Å². The molecule has 1 aromatic rings. The van der Waals surface area contributed by atoms with Crippen molar-refractivity contribution in [1.29, 1.82) is 0 Å². The lowest BCUT2D eigenvalue weighted by molar-refractivity contribution is -0.0576. The van der Waals surface area contributed by atoms with E-state index in [1.54, 1.807) is 5.57 Å². The Bertz CT molecular complexity index is 899. The Labute approximate surface area is 187 Å². The third kappa shape index (κ3) is 3.03. The number of aryl methyl sites for hydroxylation is 1. The summed E-state index contributed by atoms with van der Waals surface area (Å²) in [5, 5.41) is 10.2. The predicted molar refractivity (Wildman–Crippen MR) is 125 cm³/mol. The van der Waals surface area contributed by atoms with Crippen molar-refractivity contribution >= 4 is 12.2 Å². The monoisotopic (exact) mass is 428 g/mol. The Kier molecular flexibility index (Phi) is 5.13. The fourth-order valence-electron chi connectivity index (χ4n) is 8.70. The molecule has 1 heterocycles. The van der Waals surface area contributed by atoms with E-state index in [1.807, 2.05) is 7.05 Å². The van der Waals surface area contributed by atoms with Crippen LogP contribution in [0.3, 0.4) is 0 Å². The summed E-state index contributed by atoms with van der Waals surface area (Å²) in [5.41, 5.74) is 2.42. The second-order valence-electron chi connectivity index (χ2n) is 11.7. The summed E-state index contributed by atoms with van der Waals surface area (Å²) in [7, 11) is 2.05. The van der Waals surface area contributed by atoms with E-state index in [0.717, 1.165) is 47.8 Å². The third-order valence-electron chi connectivity index (χ3n) is 10.3. The van der Waals surface area contributed by atoms with Crippen LogP contribution in [0, 0.1) is 45.2 Å². The molecular formula is C26H40N2OS. The minimum Gasteiger partial charge on any atom is -0.393 e. The molecule has 0 amide bonds. The van der Waals surface area contributed by atoms with Crippen molar-refractivity contribution < 1.29 is 5.11 Å². The number of aromatic nitrogens is 2. The van der Waals surface area contributed by atoms with Crippen LogP contribution in [0.5, 0.6) is 0 Å². The van der Waals surface area contributed by atoms with Crippen molar-refractivity contribution in [2.75, 3.05) is 0 Å². The highest BCUT2D eigenvalue weighted by Gasteiger charge is 2.59. The molecule has 5 rings (SSSR count). The first kappa shape index (κ1) is 21.0. The fourth-order valence-corrected chi connectivity index (χ4v) is 8.90. The van der Waals surface area contributed by atoms with Gasteiger partial charge < -0.3 is 14.2 Å². The molecular weight excluding hydrogens is 388 g/mol. The molecule has 0 spiro atoms. The summed E-state index contributed by atoms with van der Waals surface area (Å²) in [6.07, 6.45) is 16.7. The van der Waals surface area contributed by atoms with Crippen molar-refractivity contribution in [3.8, 4) is 0 Å². The molecule has 0 aromatic carbocycles. The molecule has 8 atom stereocenters. The normalized spacial score (nSPS) is 44.0. The van der Waals surface area contributed by atoms with E-state index in [9.17, 15) is 5.11 Å². The average molecular weight is 429 g/mol. The molecule has 30 heavy (non-hydrogen) atoms. The quantitative estimate of drug-likeness (QED) is 0.463. The molecule has 1 N–H and O–H groups in total. The van der Waals surface area contributed by atoms with Crippen LogP contribution in [0.4, 0.5) is 0 Å². The molecule has 3 nitrogen and oxygen atoms in total. The van der Waals surface area contributed by atoms with Crippen LogP contribution in [-0.4, -0.2) is 20.3 Å². The number of aliphatic hydroxyl groups excluding tert-OH is 1. The van der Waals surface area contributed by atoms with Crippen LogP contribution in [0.2, 0.25) is 0 Å². The molecule has 3 saturated carbocycles. The van der Waals surface area contributed by atoms with Crippen LogP contribution in [-0.2, 0) is 13.6 Å². The first-order valence-corrected chi connectivity index (χ1v) is 12.7. The highest BCUT2D eigenvalue weighted by atomic mass is 32.1.